The molecule has 4 rings (SSSR count). The number of ether oxygens (including phenoxy) is 1. The molecule has 0 unspecified atom stereocenters. The normalized spacial score (nSPS) is 21.5. The Morgan fingerprint density at radius 3 is 2.70 bits per heavy atom. The van der Waals surface area contributed by atoms with E-state index in [2.05, 4.69) is 0 Å². The van der Waals surface area contributed by atoms with Gasteiger partial charge in [0.05, 0.1) is 17.7 Å². The fourth-order valence-electron chi connectivity index (χ4n) is 3.33. The summed E-state index contributed by atoms with van der Waals surface area (Å²) in [5.74, 6) is 0.691. The first-order chi connectivity index (χ1) is 13.0. The minimum atomic E-state index is -0.585. The van der Waals surface area contributed by atoms with Crippen LogP contribution in [-0.4, -0.2) is 40.7 Å². The number of carbonyl (C=O) groups is 2. The summed E-state index contributed by atoms with van der Waals surface area (Å²) in [4.78, 5) is 39.1. The molecule has 9 heteroatoms. The molecule has 3 amide bonds. The van der Waals surface area contributed by atoms with Crippen molar-refractivity contribution in [3.63, 3.8) is 0 Å². The summed E-state index contributed by atoms with van der Waals surface area (Å²) < 4.78 is 5.17. The third kappa shape index (κ3) is 2.80. The lowest BCUT2D eigenvalue weighted by molar-refractivity contribution is -0.384. The molecule has 2 fully saturated rings. The van der Waals surface area contributed by atoms with Gasteiger partial charge >= 0.3 is 6.03 Å². The second kappa shape index (κ2) is 6.58. The molecule has 8 nitrogen and oxygen atoms in total. The highest BCUT2D eigenvalue weighted by atomic mass is 32.2. The van der Waals surface area contributed by atoms with Crippen LogP contribution in [0.25, 0.3) is 0 Å². The maximum Gasteiger partial charge on any atom is 0.333 e. The van der Waals surface area contributed by atoms with Crippen molar-refractivity contribution >= 4 is 35.1 Å². The molecule has 0 aromatic heterocycles. The Labute approximate surface area is 158 Å². The Morgan fingerprint density at radius 1 is 1.19 bits per heavy atom. The predicted molar refractivity (Wildman–Crippen MR) is 99.8 cm³/mol. The highest BCUT2D eigenvalue weighted by Crippen LogP contribution is 2.46. The lowest BCUT2D eigenvalue weighted by Gasteiger charge is -2.23. The van der Waals surface area contributed by atoms with Crippen LogP contribution in [0.3, 0.4) is 0 Å². The van der Waals surface area contributed by atoms with Crippen LogP contribution in [0.1, 0.15) is 10.9 Å². The van der Waals surface area contributed by atoms with Crippen LogP contribution < -0.4 is 9.64 Å². The minimum absolute atomic E-state index is 0.0424. The number of hydrogen-bond donors (Lipinski definition) is 0. The van der Waals surface area contributed by atoms with Gasteiger partial charge in [0.1, 0.15) is 17.2 Å². The lowest BCUT2D eigenvalue weighted by atomic mass is 10.1. The van der Waals surface area contributed by atoms with Gasteiger partial charge in [-0.15, -0.1) is 11.8 Å². The molecule has 0 aliphatic carbocycles. The van der Waals surface area contributed by atoms with Crippen molar-refractivity contribution in [2.24, 2.45) is 0 Å². The van der Waals surface area contributed by atoms with E-state index in [1.165, 1.54) is 35.9 Å². The van der Waals surface area contributed by atoms with Crippen molar-refractivity contribution in [1.29, 1.82) is 0 Å². The van der Waals surface area contributed by atoms with Gasteiger partial charge in [-0.1, -0.05) is 18.2 Å². The molecule has 138 valence electrons. The number of nitrogens with zero attached hydrogens (tertiary/aromatic N) is 3. The second-order valence-electron chi connectivity index (χ2n) is 6.12. The van der Waals surface area contributed by atoms with Crippen LogP contribution in [0.4, 0.5) is 16.2 Å². The number of imide groups is 1. The highest BCUT2D eigenvalue weighted by Gasteiger charge is 2.53. The molecule has 0 spiro atoms. The zero-order valence-electron chi connectivity index (χ0n) is 14.3. The van der Waals surface area contributed by atoms with Gasteiger partial charge in [0.25, 0.3) is 11.6 Å². The third-order valence-electron chi connectivity index (χ3n) is 4.60. The van der Waals surface area contributed by atoms with E-state index in [9.17, 15) is 19.7 Å². The van der Waals surface area contributed by atoms with Gasteiger partial charge in [-0.25, -0.2) is 9.69 Å². The maximum absolute atomic E-state index is 13.0. The summed E-state index contributed by atoms with van der Waals surface area (Å²) in [6.07, 6.45) is 0. The zero-order chi connectivity index (χ0) is 19.1. The van der Waals surface area contributed by atoms with Gasteiger partial charge in [0.15, 0.2) is 0 Å². The SMILES string of the molecule is COc1cccc(N2C(=O)[C@H]3CS[C@H](c4cccc([N+](=O)[O-])c4)N3C2=O)c1. The number of methoxy groups -OCH3 is 1. The molecular formula is C18H15N3O5S. The monoisotopic (exact) mass is 385 g/mol. The second-order valence-corrected chi connectivity index (χ2v) is 7.23. The quantitative estimate of drug-likeness (QED) is 0.456. The number of non-ortho nitro benzene ring substituents is 1. The van der Waals surface area contributed by atoms with E-state index in [1.807, 2.05) is 0 Å². The Balaban J connectivity index is 1.68. The predicted octanol–water partition coefficient (Wildman–Crippen LogP) is 3.19. The molecule has 2 aromatic rings. The van der Waals surface area contributed by atoms with E-state index in [0.717, 1.165) is 4.90 Å². The summed E-state index contributed by atoms with van der Waals surface area (Å²) >= 11 is 1.43. The first-order valence-electron chi connectivity index (χ1n) is 8.17. The number of carbonyl (C=O) groups excluding carboxylic acids is 2. The molecule has 2 atom stereocenters. The molecule has 0 radical (unpaired) electrons. The number of anilines is 1. The van der Waals surface area contributed by atoms with Crippen LogP contribution in [0.5, 0.6) is 5.75 Å². The van der Waals surface area contributed by atoms with Crippen LogP contribution in [0.15, 0.2) is 48.5 Å². The van der Waals surface area contributed by atoms with Crippen molar-refractivity contribution in [3.05, 3.63) is 64.2 Å². The van der Waals surface area contributed by atoms with Crippen molar-refractivity contribution in [1.82, 2.24) is 4.90 Å². The number of amides is 3. The van der Waals surface area contributed by atoms with Gasteiger partial charge in [0.2, 0.25) is 0 Å². The van der Waals surface area contributed by atoms with E-state index in [4.69, 9.17) is 4.74 Å². The van der Waals surface area contributed by atoms with Crippen LogP contribution in [0, 0.1) is 10.1 Å². The first kappa shape index (κ1) is 17.3. The van der Waals surface area contributed by atoms with E-state index in [1.54, 1.807) is 36.4 Å². The van der Waals surface area contributed by atoms with Crippen molar-refractivity contribution < 1.29 is 19.2 Å². The highest BCUT2D eigenvalue weighted by molar-refractivity contribution is 7.99. The number of benzene rings is 2. The Hall–Kier alpha value is -3.07. The van der Waals surface area contributed by atoms with Gasteiger partial charge in [0, 0.05) is 24.0 Å². The minimum Gasteiger partial charge on any atom is -0.497 e. The Morgan fingerprint density at radius 2 is 1.96 bits per heavy atom. The number of thioether (sulfide) groups is 1. The molecule has 0 bridgehead atoms. The number of nitro benzene ring substituents is 1. The van der Waals surface area contributed by atoms with Gasteiger partial charge < -0.3 is 4.74 Å². The van der Waals surface area contributed by atoms with Crippen LogP contribution in [-0.2, 0) is 4.79 Å². The number of hydrogen-bond acceptors (Lipinski definition) is 6. The molecule has 27 heavy (non-hydrogen) atoms. The lowest BCUT2D eigenvalue weighted by Crippen LogP contribution is -2.33. The molecule has 2 saturated heterocycles. The van der Waals surface area contributed by atoms with Crippen molar-refractivity contribution in [2.45, 2.75) is 11.4 Å². The average molecular weight is 385 g/mol. The molecular weight excluding hydrogens is 370 g/mol. The Kier molecular flexibility index (Phi) is 4.23. The topological polar surface area (TPSA) is 93.0 Å². The molecule has 2 heterocycles. The fraction of sp³-hybridized carbons (Fsp3) is 0.222. The molecule has 2 aliphatic rings. The summed E-state index contributed by atoms with van der Waals surface area (Å²) in [6.45, 7) is 0. The van der Waals surface area contributed by atoms with Gasteiger partial charge in [-0.05, 0) is 17.7 Å². The number of fused-ring (bicyclic) bond motifs is 1. The van der Waals surface area contributed by atoms with Crippen molar-refractivity contribution in [2.75, 3.05) is 17.8 Å². The van der Waals surface area contributed by atoms with Gasteiger partial charge in [-0.2, -0.15) is 0 Å². The summed E-state index contributed by atoms with van der Waals surface area (Å²) in [5.41, 5.74) is 1.03. The largest absolute Gasteiger partial charge is 0.497 e. The summed E-state index contributed by atoms with van der Waals surface area (Å²) in [6, 6.07) is 11.9. The first-order valence-corrected chi connectivity index (χ1v) is 9.22. The number of urea groups is 1. The Bertz CT molecular complexity index is 950. The van der Waals surface area contributed by atoms with E-state index < -0.39 is 22.4 Å². The standard InChI is InChI=1S/C18H15N3O5S/c1-26-14-7-3-5-12(9-14)19-16(22)15-10-27-17(20(15)18(19)23)11-4-2-6-13(8-11)21(24)25/h2-9,15,17H,10H2,1H3/t15-,17-/m1/s1. The summed E-state index contributed by atoms with van der Waals surface area (Å²) in [7, 11) is 1.51. The van der Waals surface area contributed by atoms with E-state index in [0.29, 0.717) is 22.8 Å². The van der Waals surface area contributed by atoms with Crippen LogP contribution in [0.2, 0.25) is 0 Å². The fourth-order valence-corrected chi connectivity index (χ4v) is 4.73. The maximum atomic E-state index is 13.0. The molecule has 2 aromatic carbocycles. The van der Waals surface area contributed by atoms with Gasteiger partial charge in [-0.3, -0.25) is 19.8 Å². The number of rotatable bonds is 4. The van der Waals surface area contributed by atoms with Crippen molar-refractivity contribution in [3.8, 4) is 5.75 Å². The number of nitro groups is 1. The average Bonchev–Trinajstić information content (AvgIpc) is 3.22. The van der Waals surface area contributed by atoms with Crippen LogP contribution >= 0.6 is 11.8 Å². The smallest absolute Gasteiger partial charge is 0.333 e. The van der Waals surface area contributed by atoms with E-state index >= 15 is 0 Å². The summed E-state index contributed by atoms with van der Waals surface area (Å²) in [5, 5.41) is 10.6. The molecule has 0 saturated carbocycles. The molecule has 0 N–H and O–H groups in total. The third-order valence-corrected chi connectivity index (χ3v) is 5.92. The van der Waals surface area contributed by atoms with E-state index in [-0.39, 0.29) is 11.6 Å². The zero-order valence-corrected chi connectivity index (χ0v) is 15.1. The molecule has 2 aliphatic heterocycles.